The van der Waals surface area contributed by atoms with E-state index in [1.165, 1.54) is 17.5 Å². The Kier molecular flexibility index (Phi) is 3.72. The highest BCUT2D eigenvalue weighted by atomic mass is 16.5. The van der Waals surface area contributed by atoms with Gasteiger partial charge in [0.2, 0.25) is 0 Å². The predicted octanol–water partition coefficient (Wildman–Crippen LogP) is 3.49. The van der Waals surface area contributed by atoms with E-state index >= 15 is 0 Å². The number of hydrogen-bond donors (Lipinski definition) is 1. The highest BCUT2D eigenvalue weighted by Crippen LogP contribution is 2.34. The Balaban J connectivity index is 2.32. The van der Waals surface area contributed by atoms with Crippen LogP contribution in [-0.4, -0.2) is 13.7 Å². The summed E-state index contributed by atoms with van der Waals surface area (Å²) in [5.41, 5.74) is 2.71. The fourth-order valence-corrected chi connectivity index (χ4v) is 2.53. The molecule has 0 spiro atoms. The van der Waals surface area contributed by atoms with Gasteiger partial charge in [-0.25, -0.2) is 0 Å². The van der Waals surface area contributed by atoms with Gasteiger partial charge in [-0.1, -0.05) is 32.9 Å². The highest BCUT2D eigenvalue weighted by molar-refractivity contribution is 5.41. The van der Waals surface area contributed by atoms with Gasteiger partial charge in [0.25, 0.3) is 0 Å². The van der Waals surface area contributed by atoms with Gasteiger partial charge in [-0.3, -0.25) is 0 Å². The van der Waals surface area contributed by atoms with Crippen LogP contribution in [0.5, 0.6) is 5.75 Å². The van der Waals surface area contributed by atoms with Crippen LogP contribution in [-0.2, 0) is 0 Å². The molecule has 1 aromatic carbocycles. The molecule has 1 N–H and O–H groups in total. The zero-order valence-electron chi connectivity index (χ0n) is 11.3. The number of ether oxygens (including phenoxy) is 1. The smallest absolute Gasteiger partial charge is 0.123 e. The van der Waals surface area contributed by atoms with Crippen LogP contribution in [0.25, 0.3) is 0 Å². The van der Waals surface area contributed by atoms with E-state index in [1.54, 1.807) is 7.11 Å². The zero-order chi connectivity index (χ0) is 12.4. The van der Waals surface area contributed by atoms with Gasteiger partial charge in [-0.15, -0.1) is 0 Å². The van der Waals surface area contributed by atoms with E-state index in [0.717, 1.165) is 18.2 Å². The van der Waals surface area contributed by atoms with Crippen LogP contribution in [0.4, 0.5) is 0 Å². The van der Waals surface area contributed by atoms with E-state index in [1.807, 2.05) is 0 Å². The van der Waals surface area contributed by atoms with Crippen LogP contribution in [0.3, 0.4) is 0 Å². The molecular weight excluding hydrogens is 210 g/mol. The van der Waals surface area contributed by atoms with Gasteiger partial charge in [0.05, 0.1) is 7.11 Å². The summed E-state index contributed by atoms with van der Waals surface area (Å²) in [4.78, 5) is 0. The van der Waals surface area contributed by atoms with Crippen molar-refractivity contribution in [2.45, 2.75) is 39.2 Å². The molecule has 0 radical (unpaired) electrons. The van der Waals surface area contributed by atoms with E-state index in [9.17, 15) is 0 Å². The minimum absolute atomic E-state index is 0.457. The van der Waals surface area contributed by atoms with Crippen LogP contribution in [0.2, 0.25) is 0 Å². The third-order valence-corrected chi connectivity index (χ3v) is 3.65. The lowest BCUT2D eigenvalue weighted by Crippen LogP contribution is -2.14. The van der Waals surface area contributed by atoms with E-state index in [0.29, 0.717) is 12.0 Å². The Morgan fingerprint density at radius 2 is 2.12 bits per heavy atom. The molecule has 1 aromatic rings. The lowest BCUT2D eigenvalue weighted by molar-refractivity contribution is 0.402. The van der Waals surface area contributed by atoms with Crippen molar-refractivity contribution in [3.8, 4) is 5.75 Å². The summed E-state index contributed by atoms with van der Waals surface area (Å²) in [6.07, 6.45) is 1.21. The molecule has 0 aliphatic carbocycles. The lowest BCUT2D eigenvalue weighted by atomic mass is 9.95. The quantitative estimate of drug-likeness (QED) is 0.863. The van der Waals surface area contributed by atoms with Crippen LogP contribution >= 0.6 is 0 Å². The van der Waals surface area contributed by atoms with Crippen LogP contribution in [0.1, 0.15) is 50.3 Å². The summed E-state index contributed by atoms with van der Waals surface area (Å²) in [7, 11) is 1.76. The minimum atomic E-state index is 0.457. The molecular formula is C15H23NO. The largest absolute Gasteiger partial charge is 0.496 e. The summed E-state index contributed by atoms with van der Waals surface area (Å²) in [6.45, 7) is 7.87. The average Bonchev–Trinajstić information content (AvgIpc) is 2.74. The highest BCUT2D eigenvalue weighted by Gasteiger charge is 2.24. The Morgan fingerprint density at radius 3 is 2.65 bits per heavy atom. The molecule has 1 saturated heterocycles. The molecule has 94 valence electrons. The molecule has 0 unspecified atom stereocenters. The normalized spacial score (nSPS) is 24.3. The van der Waals surface area contributed by atoms with Gasteiger partial charge in [0.15, 0.2) is 0 Å². The molecule has 2 atom stereocenters. The first-order valence-electron chi connectivity index (χ1n) is 6.53. The first kappa shape index (κ1) is 12.4. The summed E-state index contributed by atoms with van der Waals surface area (Å²) >= 11 is 0. The average molecular weight is 233 g/mol. The van der Waals surface area contributed by atoms with E-state index in [-0.39, 0.29) is 0 Å². The Bertz CT molecular complexity index is 387. The van der Waals surface area contributed by atoms with E-state index in [4.69, 9.17) is 4.74 Å². The number of benzene rings is 1. The van der Waals surface area contributed by atoms with Crippen LogP contribution in [0, 0.1) is 5.92 Å². The molecule has 0 saturated carbocycles. The van der Waals surface area contributed by atoms with Crippen molar-refractivity contribution in [2.24, 2.45) is 5.92 Å². The molecule has 17 heavy (non-hydrogen) atoms. The molecule has 0 amide bonds. The monoisotopic (exact) mass is 233 g/mol. The lowest BCUT2D eigenvalue weighted by Gasteiger charge is -2.17. The van der Waals surface area contributed by atoms with Crippen molar-refractivity contribution in [3.63, 3.8) is 0 Å². The molecule has 1 fully saturated rings. The zero-order valence-corrected chi connectivity index (χ0v) is 11.3. The number of nitrogens with one attached hydrogen (secondary N) is 1. The second-order valence-electron chi connectivity index (χ2n) is 5.46. The Labute approximate surface area is 104 Å². The molecule has 1 heterocycles. The Morgan fingerprint density at radius 1 is 1.35 bits per heavy atom. The van der Waals surface area contributed by atoms with Gasteiger partial charge in [0, 0.05) is 11.6 Å². The van der Waals surface area contributed by atoms with Gasteiger partial charge < -0.3 is 10.1 Å². The first-order valence-corrected chi connectivity index (χ1v) is 6.53. The topological polar surface area (TPSA) is 21.3 Å². The SMILES string of the molecule is COc1ccc(C(C)C)cc1[C@H]1C[C@H](C)CN1. The van der Waals surface area contributed by atoms with Crippen molar-refractivity contribution < 1.29 is 4.74 Å². The molecule has 2 rings (SSSR count). The van der Waals surface area contributed by atoms with Crippen LogP contribution in [0.15, 0.2) is 18.2 Å². The molecule has 1 aliphatic rings. The second kappa shape index (κ2) is 5.09. The molecule has 0 bridgehead atoms. The van der Waals surface area contributed by atoms with Gasteiger partial charge in [0.1, 0.15) is 5.75 Å². The Hall–Kier alpha value is -1.02. The first-order chi connectivity index (χ1) is 8.11. The standard InChI is InChI=1S/C15H23NO/c1-10(2)12-5-6-15(17-4)13(8-12)14-7-11(3)9-16-14/h5-6,8,10-11,14,16H,7,9H2,1-4H3/t11-,14+/m0/s1. The van der Waals surface area contributed by atoms with Gasteiger partial charge >= 0.3 is 0 Å². The predicted molar refractivity (Wildman–Crippen MR) is 71.6 cm³/mol. The third kappa shape index (κ3) is 2.63. The van der Waals surface area contributed by atoms with Crippen LogP contribution < -0.4 is 10.1 Å². The molecule has 1 aliphatic heterocycles. The summed E-state index contributed by atoms with van der Waals surface area (Å²) < 4.78 is 5.49. The molecule has 0 aromatic heterocycles. The summed E-state index contributed by atoms with van der Waals surface area (Å²) in [5.74, 6) is 2.34. The maximum Gasteiger partial charge on any atom is 0.123 e. The van der Waals surface area contributed by atoms with Crippen molar-refractivity contribution in [3.05, 3.63) is 29.3 Å². The van der Waals surface area contributed by atoms with Crippen molar-refractivity contribution in [2.75, 3.05) is 13.7 Å². The van der Waals surface area contributed by atoms with E-state index in [2.05, 4.69) is 44.3 Å². The summed E-state index contributed by atoms with van der Waals surface area (Å²) in [6, 6.07) is 7.04. The fourth-order valence-electron chi connectivity index (χ4n) is 2.53. The maximum absolute atomic E-state index is 5.49. The van der Waals surface area contributed by atoms with Crippen molar-refractivity contribution >= 4 is 0 Å². The number of hydrogen-bond acceptors (Lipinski definition) is 2. The summed E-state index contributed by atoms with van der Waals surface area (Å²) in [5, 5.41) is 3.58. The third-order valence-electron chi connectivity index (χ3n) is 3.65. The maximum atomic E-state index is 5.49. The minimum Gasteiger partial charge on any atom is -0.496 e. The van der Waals surface area contributed by atoms with Crippen molar-refractivity contribution in [1.82, 2.24) is 5.32 Å². The fraction of sp³-hybridized carbons (Fsp3) is 0.600. The van der Waals surface area contributed by atoms with Gasteiger partial charge in [-0.2, -0.15) is 0 Å². The number of rotatable bonds is 3. The second-order valence-corrected chi connectivity index (χ2v) is 5.46. The number of methoxy groups -OCH3 is 1. The van der Waals surface area contributed by atoms with E-state index < -0.39 is 0 Å². The van der Waals surface area contributed by atoms with Crippen molar-refractivity contribution in [1.29, 1.82) is 0 Å². The molecule has 2 nitrogen and oxygen atoms in total. The van der Waals surface area contributed by atoms with Gasteiger partial charge in [-0.05, 0) is 36.4 Å². The molecule has 2 heteroatoms.